The van der Waals surface area contributed by atoms with Gasteiger partial charge in [-0.1, -0.05) is 55.8 Å². The lowest BCUT2D eigenvalue weighted by molar-refractivity contribution is -0.117. The van der Waals surface area contributed by atoms with Crippen LogP contribution in [0.4, 0.5) is 5.69 Å². The normalized spacial score (nSPS) is 16.6. The number of aryl methyl sites for hydroxylation is 1. The van der Waals surface area contributed by atoms with Gasteiger partial charge in [0, 0.05) is 5.69 Å². The van der Waals surface area contributed by atoms with E-state index in [9.17, 15) is 14.7 Å². The maximum atomic E-state index is 13.2. The molecular weight excluding hydrogens is 378 g/mol. The number of Topliss-reactive ketones (excluding diaryl/α,β-unsaturated/α-hetero) is 1. The minimum atomic E-state index is -0.750. The highest BCUT2D eigenvalue weighted by atomic mass is 16.3. The molecule has 2 aromatic carbocycles. The molecule has 0 fully saturated rings. The molecule has 30 heavy (non-hydrogen) atoms. The molecule has 1 aromatic heterocycles. The molecule has 0 bridgehead atoms. The number of ketones is 1. The van der Waals surface area contributed by atoms with Gasteiger partial charge in [-0.2, -0.15) is 0 Å². The van der Waals surface area contributed by atoms with Crippen molar-refractivity contribution in [3.05, 3.63) is 101 Å². The van der Waals surface area contributed by atoms with Crippen LogP contribution < -0.4 is 4.90 Å². The molecule has 5 heteroatoms. The van der Waals surface area contributed by atoms with Crippen LogP contribution in [0.2, 0.25) is 0 Å². The third-order valence-corrected chi connectivity index (χ3v) is 5.39. The molecule has 0 saturated heterocycles. The Morgan fingerprint density at radius 1 is 1.07 bits per heavy atom. The van der Waals surface area contributed by atoms with E-state index in [0.717, 1.165) is 16.7 Å². The van der Waals surface area contributed by atoms with Gasteiger partial charge in [-0.25, -0.2) is 0 Å². The Bertz CT molecular complexity index is 1120. The third kappa shape index (κ3) is 3.32. The topological polar surface area (TPSA) is 70.7 Å². The molecule has 1 atom stereocenters. The number of amides is 1. The van der Waals surface area contributed by atoms with E-state index in [2.05, 4.69) is 13.8 Å². The Hall–Kier alpha value is -3.60. The SMILES string of the molecule is Cc1cccc(C2C(C(=O)c3ccco3)=C(O)C(=O)N2c2ccc(C(C)C)cc2)c1. The van der Waals surface area contributed by atoms with Crippen molar-refractivity contribution in [2.45, 2.75) is 32.7 Å². The van der Waals surface area contributed by atoms with Gasteiger partial charge in [0.1, 0.15) is 0 Å². The third-order valence-electron chi connectivity index (χ3n) is 5.39. The van der Waals surface area contributed by atoms with Crippen molar-refractivity contribution in [2.75, 3.05) is 4.90 Å². The number of hydrogen-bond acceptors (Lipinski definition) is 4. The Labute approximate surface area is 175 Å². The van der Waals surface area contributed by atoms with Crippen LogP contribution in [-0.4, -0.2) is 16.8 Å². The lowest BCUT2D eigenvalue weighted by Gasteiger charge is -2.27. The van der Waals surface area contributed by atoms with E-state index in [0.29, 0.717) is 11.6 Å². The lowest BCUT2D eigenvalue weighted by Crippen LogP contribution is -2.31. The van der Waals surface area contributed by atoms with Gasteiger partial charge >= 0.3 is 0 Å². The van der Waals surface area contributed by atoms with Gasteiger partial charge < -0.3 is 9.52 Å². The van der Waals surface area contributed by atoms with Crippen LogP contribution in [0, 0.1) is 6.92 Å². The van der Waals surface area contributed by atoms with Crippen molar-refractivity contribution in [2.24, 2.45) is 0 Å². The highest BCUT2D eigenvalue weighted by Gasteiger charge is 2.45. The summed E-state index contributed by atoms with van der Waals surface area (Å²) in [6, 6.07) is 17.6. The zero-order chi connectivity index (χ0) is 21.4. The number of rotatable bonds is 5. The van der Waals surface area contributed by atoms with E-state index in [1.54, 1.807) is 6.07 Å². The number of aliphatic hydroxyl groups is 1. The van der Waals surface area contributed by atoms with Crippen molar-refractivity contribution < 1.29 is 19.1 Å². The summed E-state index contributed by atoms with van der Waals surface area (Å²) in [7, 11) is 0. The molecule has 1 unspecified atom stereocenters. The van der Waals surface area contributed by atoms with Crippen molar-refractivity contribution in [3.8, 4) is 0 Å². The van der Waals surface area contributed by atoms with Gasteiger partial charge in [-0.3, -0.25) is 14.5 Å². The zero-order valence-corrected chi connectivity index (χ0v) is 17.1. The number of benzene rings is 2. The fourth-order valence-electron chi connectivity index (χ4n) is 3.82. The minimum Gasteiger partial charge on any atom is -0.503 e. The van der Waals surface area contributed by atoms with E-state index in [1.165, 1.54) is 17.2 Å². The first-order valence-electron chi connectivity index (χ1n) is 9.90. The molecule has 0 saturated carbocycles. The van der Waals surface area contributed by atoms with E-state index in [-0.39, 0.29) is 11.3 Å². The average molecular weight is 401 g/mol. The van der Waals surface area contributed by atoms with Gasteiger partial charge in [0.25, 0.3) is 5.91 Å². The largest absolute Gasteiger partial charge is 0.503 e. The van der Waals surface area contributed by atoms with Crippen molar-refractivity contribution in [1.82, 2.24) is 0 Å². The maximum absolute atomic E-state index is 13.2. The minimum absolute atomic E-state index is 0.0217. The molecule has 4 rings (SSSR count). The number of furan rings is 1. The molecule has 152 valence electrons. The number of carbonyl (C=O) groups is 2. The summed E-state index contributed by atoms with van der Waals surface area (Å²) in [5, 5.41) is 10.7. The van der Waals surface area contributed by atoms with E-state index < -0.39 is 23.5 Å². The Kier molecular flexibility index (Phi) is 5.04. The molecular formula is C25H23NO4. The highest BCUT2D eigenvalue weighted by Crippen LogP contribution is 2.42. The van der Waals surface area contributed by atoms with Gasteiger partial charge in [0.05, 0.1) is 17.9 Å². The Morgan fingerprint density at radius 3 is 2.40 bits per heavy atom. The fourth-order valence-corrected chi connectivity index (χ4v) is 3.82. The van der Waals surface area contributed by atoms with Crippen LogP contribution in [0.25, 0.3) is 0 Å². The zero-order valence-electron chi connectivity index (χ0n) is 17.1. The van der Waals surface area contributed by atoms with Gasteiger partial charge in [0.2, 0.25) is 5.78 Å². The predicted octanol–water partition coefficient (Wildman–Crippen LogP) is 5.49. The molecule has 1 aliphatic rings. The number of hydrogen-bond donors (Lipinski definition) is 1. The molecule has 5 nitrogen and oxygen atoms in total. The summed E-state index contributed by atoms with van der Waals surface area (Å²) >= 11 is 0. The van der Waals surface area contributed by atoms with Crippen LogP contribution in [0.5, 0.6) is 0 Å². The molecule has 3 aromatic rings. The van der Waals surface area contributed by atoms with Crippen molar-refractivity contribution in [1.29, 1.82) is 0 Å². The van der Waals surface area contributed by atoms with Gasteiger partial charge in [0.15, 0.2) is 11.5 Å². The first-order valence-corrected chi connectivity index (χ1v) is 9.90. The molecule has 0 radical (unpaired) electrons. The number of aliphatic hydroxyl groups excluding tert-OH is 1. The van der Waals surface area contributed by atoms with E-state index in [4.69, 9.17) is 4.42 Å². The smallest absolute Gasteiger partial charge is 0.294 e. The molecule has 0 aliphatic carbocycles. The van der Waals surface area contributed by atoms with Gasteiger partial charge in [-0.15, -0.1) is 0 Å². The van der Waals surface area contributed by atoms with Crippen LogP contribution in [0.15, 0.2) is 82.7 Å². The quantitative estimate of drug-likeness (QED) is 0.574. The molecule has 1 N–H and O–H groups in total. The van der Waals surface area contributed by atoms with Crippen molar-refractivity contribution in [3.63, 3.8) is 0 Å². The summed E-state index contributed by atoms with van der Waals surface area (Å²) < 4.78 is 5.26. The summed E-state index contributed by atoms with van der Waals surface area (Å²) in [4.78, 5) is 27.8. The highest BCUT2D eigenvalue weighted by molar-refractivity contribution is 6.20. The molecule has 0 spiro atoms. The summed E-state index contributed by atoms with van der Waals surface area (Å²) in [5.74, 6) is -1.22. The summed E-state index contributed by atoms with van der Waals surface area (Å²) in [6.45, 7) is 6.14. The summed E-state index contributed by atoms with van der Waals surface area (Å²) in [5.41, 5.74) is 3.52. The van der Waals surface area contributed by atoms with Crippen LogP contribution in [0.1, 0.15) is 53.1 Å². The first kappa shape index (κ1) is 19.7. The first-order chi connectivity index (χ1) is 14.4. The van der Waals surface area contributed by atoms with Crippen molar-refractivity contribution >= 4 is 17.4 Å². The van der Waals surface area contributed by atoms with Crippen LogP contribution >= 0.6 is 0 Å². The Balaban J connectivity index is 1.85. The second-order valence-electron chi connectivity index (χ2n) is 7.81. The van der Waals surface area contributed by atoms with E-state index >= 15 is 0 Å². The van der Waals surface area contributed by atoms with Gasteiger partial charge in [-0.05, 0) is 48.2 Å². The lowest BCUT2D eigenvalue weighted by atomic mass is 9.93. The second-order valence-corrected chi connectivity index (χ2v) is 7.81. The molecule has 1 aliphatic heterocycles. The fraction of sp³-hybridized carbons (Fsp3) is 0.200. The van der Waals surface area contributed by atoms with E-state index in [1.807, 2.05) is 55.5 Å². The standard InChI is InChI=1S/C25H23NO4/c1-15(2)17-9-11-19(12-10-17)26-22(18-7-4-6-16(3)14-18)21(24(28)25(26)29)23(27)20-8-5-13-30-20/h4-15,22,28H,1-3H3. The van der Waals surface area contributed by atoms with Crippen LogP contribution in [-0.2, 0) is 4.79 Å². The maximum Gasteiger partial charge on any atom is 0.294 e. The number of nitrogens with zero attached hydrogens (tertiary/aromatic N) is 1. The monoisotopic (exact) mass is 401 g/mol. The molecule has 2 heterocycles. The van der Waals surface area contributed by atoms with Crippen LogP contribution in [0.3, 0.4) is 0 Å². The molecule has 1 amide bonds. The Morgan fingerprint density at radius 2 is 1.80 bits per heavy atom. The second kappa shape index (κ2) is 7.67. The number of anilines is 1. The number of carbonyl (C=O) groups excluding carboxylic acids is 2. The summed E-state index contributed by atoms with van der Waals surface area (Å²) in [6.07, 6.45) is 1.39. The average Bonchev–Trinajstić information content (AvgIpc) is 3.35. The predicted molar refractivity (Wildman–Crippen MR) is 115 cm³/mol.